The third-order valence-electron chi connectivity index (χ3n) is 4.60. The van der Waals surface area contributed by atoms with E-state index in [2.05, 4.69) is 5.32 Å². The molecule has 132 valence electrons. The molecule has 0 bridgehead atoms. The van der Waals surface area contributed by atoms with Gasteiger partial charge in [0.05, 0.1) is 12.6 Å². The van der Waals surface area contributed by atoms with Crippen LogP contribution < -0.4 is 16.6 Å². The molecule has 1 amide bonds. The standard InChI is InChI=1S/C18H27N3O3/c19-11-5-3-9-15(20-18(24)14-7-1-2-8-14)16(22)13-21-12-6-4-10-17(21)23/h4,6,10,12,14-15H,1-3,5,7-9,11,13,19H2,(H,20,24)/t15-/m0/s1. The lowest BCUT2D eigenvalue weighted by atomic mass is 10.0. The smallest absolute Gasteiger partial charge is 0.250 e. The van der Waals surface area contributed by atoms with Crippen molar-refractivity contribution in [1.29, 1.82) is 0 Å². The fourth-order valence-electron chi connectivity index (χ4n) is 3.15. The van der Waals surface area contributed by atoms with E-state index in [1.54, 1.807) is 18.3 Å². The number of nitrogens with zero attached hydrogens (tertiary/aromatic N) is 1. The van der Waals surface area contributed by atoms with Gasteiger partial charge in [0.1, 0.15) is 0 Å². The number of hydrogen-bond donors (Lipinski definition) is 2. The Hall–Kier alpha value is -1.95. The Morgan fingerprint density at radius 2 is 2.00 bits per heavy atom. The first-order valence-corrected chi connectivity index (χ1v) is 8.80. The summed E-state index contributed by atoms with van der Waals surface area (Å²) in [5, 5.41) is 2.91. The minimum Gasteiger partial charge on any atom is -0.346 e. The lowest BCUT2D eigenvalue weighted by molar-refractivity contribution is -0.130. The van der Waals surface area contributed by atoms with Crippen LogP contribution in [0.2, 0.25) is 0 Å². The van der Waals surface area contributed by atoms with Gasteiger partial charge in [-0.25, -0.2) is 0 Å². The molecule has 0 aromatic carbocycles. The molecule has 0 radical (unpaired) electrons. The summed E-state index contributed by atoms with van der Waals surface area (Å²) in [5.41, 5.74) is 5.30. The van der Waals surface area contributed by atoms with Crippen LogP contribution in [0.15, 0.2) is 29.2 Å². The van der Waals surface area contributed by atoms with Gasteiger partial charge >= 0.3 is 0 Å². The highest BCUT2D eigenvalue weighted by Crippen LogP contribution is 2.25. The molecular weight excluding hydrogens is 306 g/mol. The number of carbonyl (C=O) groups excluding carboxylic acids is 2. The van der Waals surface area contributed by atoms with E-state index >= 15 is 0 Å². The molecule has 1 heterocycles. The molecule has 6 nitrogen and oxygen atoms in total. The molecule has 3 N–H and O–H groups in total. The predicted octanol–water partition coefficient (Wildman–Crippen LogP) is 1.22. The Bertz CT molecular complexity index is 606. The van der Waals surface area contributed by atoms with Crippen LogP contribution in [0.25, 0.3) is 0 Å². The van der Waals surface area contributed by atoms with Crippen molar-refractivity contribution in [1.82, 2.24) is 9.88 Å². The summed E-state index contributed by atoms with van der Waals surface area (Å²) in [6.07, 6.45) is 7.69. The molecule has 1 aromatic rings. The molecule has 1 aliphatic carbocycles. The van der Waals surface area contributed by atoms with E-state index in [1.165, 1.54) is 10.6 Å². The molecule has 6 heteroatoms. The van der Waals surface area contributed by atoms with Crippen molar-refractivity contribution >= 4 is 11.7 Å². The normalized spacial score (nSPS) is 16.0. The molecule has 0 unspecified atom stereocenters. The zero-order valence-electron chi connectivity index (χ0n) is 14.1. The Kier molecular flexibility index (Phi) is 7.18. The minimum absolute atomic E-state index is 0.0160. The zero-order chi connectivity index (χ0) is 17.4. The van der Waals surface area contributed by atoms with Gasteiger partial charge in [0.25, 0.3) is 5.56 Å². The van der Waals surface area contributed by atoms with E-state index in [9.17, 15) is 14.4 Å². The van der Waals surface area contributed by atoms with Crippen molar-refractivity contribution in [3.8, 4) is 0 Å². The van der Waals surface area contributed by atoms with Gasteiger partial charge < -0.3 is 15.6 Å². The highest BCUT2D eigenvalue weighted by atomic mass is 16.2. The minimum atomic E-state index is -0.545. The zero-order valence-corrected chi connectivity index (χ0v) is 14.1. The van der Waals surface area contributed by atoms with Crippen LogP contribution in [-0.2, 0) is 16.1 Å². The van der Waals surface area contributed by atoms with Gasteiger partial charge in [0.2, 0.25) is 5.91 Å². The first-order valence-electron chi connectivity index (χ1n) is 8.80. The molecule has 1 fully saturated rings. The van der Waals surface area contributed by atoms with E-state index in [-0.39, 0.29) is 29.7 Å². The summed E-state index contributed by atoms with van der Waals surface area (Å²) in [6.45, 7) is 0.549. The van der Waals surface area contributed by atoms with Crippen molar-refractivity contribution < 1.29 is 9.59 Å². The van der Waals surface area contributed by atoms with Crippen LogP contribution in [0.3, 0.4) is 0 Å². The third kappa shape index (κ3) is 5.30. The quantitative estimate of drug-likeness (QED) is 0.664. The van der Waals surface area contributed by atoms with Gasteiger partial charge in [-0.15, -0.1) is 0 Å². The average Bonchev–Trinajstić information content (AvgIpc) is 3.10. The second-order valence-electron chi connectivity index (χ2n) is 6.46. The number of carbonyl (C=O) groups is 2. The molecule has 1 saturated carbocycles. The number of aromatic nitrogens is 1. The highest BCUT2D eigenvalue weighted by Gasteiger charge is 2.27. The number of unbranched alkanes of at least 4 members (excludes halogenated alkanes) is 1. The summed E-state index contributed by atoms with van der Waals surface area (Å²) >= 11 is 0. The number of pyridine rings is 1. The SMILES string of the molecule is NCCCC[C@H](NC(=O)C1CCCC1)C(=O)Cn1ccccc1=O. The lowest BCUT2D eigenvalue weighted by Gasteiger charge is -2.20. The summed E-state index contributed by atoms with van der Waals surface area (Å²) < 4.78 is 1.37. The molecule has 0 spiro atoms. The maximum absolute atomic E-state index is 12.6. The van der Waals surface area contributed by atoms with Crippen LogP contribution in [0.1, 0.15) is 44.9 Å². The summed E-state index contributed by atoms with van der Waals surface area (Å²) in [5.74, 6) is -0.139. The maximum atomic E-state index is 12.6. The van der Waals surface area contributed by atoms with Crippen LogP contribution in [-0.4, -0.2) is 28.8 Å². The Morgan fingerprint density at radius 1 is 1.25 bits per heavy atom. The van der Waals surface area contributed by atoms with Crippen LogP contribution in [0.4, 0.5) is 0 Å². The molecular formula is C18H27N3O3. The van der Waals surface area contributed by atoms with E-state index in [4.69, 9.17) is 5.73 Å². The van der Waals surface area contributed by atoms with Gasteiger partial charge in [0.15, 0.2) is 5.78 Å². The fourth-order valence-corrected chi connectivity index (χ4v) is 3.15. The Morgan fingerprint density at radius 3 is 2.67 bits per heavy atom. The molecule has 1 aliphatic rings. The van der Waals surface area contributed by atoms with E-state index < -0.39 is 6.04 Å². The molecule has 1 atom stereocenters. The first kappa shape index (κ1) is 18.4. The van der Waals surface area contributed by atoms with Crippen LogP contribution in [0, 0.1) is 5.92 Å². The number of nitrogens with two attached hydrogens (primary N) is 1. The number of hydrogen-bond acceptors (Lipinski definition) is 4. The average molecular weight is 333 g/mol. The summed E-state index contributed by atoms with van der Waals surface area (Å²) in [7, 11) is 0. The second kappa shape index (κ2) is 9.37. The van der Waals surface area contributed by atoms with Gasteiger partial charge in [-0.05, 0) is 44.7 Å². The summed E-state index contributed by atoms with van der Waals surface area (Å²) in [4.78, 5) is 36.7. The van der Waals surface area contributed by atoms with Crippen molar-refractivity contribution in [2.45, 2.75) is 57.5 Å². The fraction of sp³-hybridized carbons (Fsp3) is 0.611. The molecule has 1 aromatic heterocycles. The van der Waals surface area contributed by atoms with E-state index in [0.717, 1.165) is 38.5 Å². The third-order valence-corrected chi connectivity index (χ3v) is 4.60. The lowest BCUT2D eigenvalue weighted by Crippen LogP contribution is -2.45. The van der Waals surface area contributed by atoms with Gasteiger partial charge in [-0.3, -0.25) is 14.4 Å². The Balaban J connectivity index is 2.00. The van der Waals surface area contributed by atoms with Crippen molar-refractivity contribution in [3.63, 3.8) is 0 Å². The number of Topliss-reactive ketones (excluding diaryl/α,β-unsaturated/α-hetero) is 1. The van der Waals surface area contributed by atoms with Gasteiger partial charge in [-0.1, -0.05) is 18.9 Å². The monoisotopic (exact) mass is 333 g/mol. The van der Waals surface area contributed by atoms with Crippen molar-refractivity contribution in [3.05, 3.63) is 34.7 Å². The predicted molar refractivity (Wildman–Crippen MR) is 92.5 cm³/mol. The van der Waals surface area contributed by atoms with Crippen molar-refractivity contribution in [2.75, 3.05) is 6.54 Å². The van der Waals surface area contributed by atoms with Gasteiger partial charge in [-0.2, -0.15) is 0 Å². The molecule has 0 aliphatic heterocycles. The highest BCUT2D eigenvalue weighted by molar-refractivity contribution is 5.89. The number of ketones is 1. The molecule has 24 heavy (non-hydrogen) atoms. The maximum Gasteiger partial charge on any atom is 0.250 e. The Labute approximate surface area is 142 Å². The molecule has 2 rings (SSSR count). The number of amides is 1. The first-order chi connectivity index (χ1) is 11.6. The van der Waals surface area contributed by atoms with E-state index in [1.807, 2.05) is 0 Å². The van der Waals surface area contributed by atoms with E-state index in [0.29, 0.717) is 13.0 Å². The number of nitrogens with one attached hydrogen (secondary N) is 1. The van der Waals surface area contributed by atoms with Gasteiger partial charge in [0, 0.05) is 18.2 Å². The largest absolute Gasteiger partial charge is 0.346 e. The van der Waals surface area contributed by atoms with Crippen molar-refractivity contribution in [2.24, 2.45) is 11.7 Å². The number of rotatable bonds is 9. The van der Waals surface area contributed by atoms with Crippen LogP contribution >= 0.6 is 0 Å². The summed E-state index contributed by atoms with van der Waals surface area (Å²) in [6, 6.07) is 4.24. The molecule has 0 saturated heterocycles. The second-order valence-corrected chi connectivity index (χ2v) is 6.46. The topological polar surface area (TPSA) is 94.2 Å². The van der Waals surface area contributed by atoms with Crippen LogP contribution in [0.5, 0.6) is 0 Å².